The molecule has 0 radical (unpaired) electrons. The quantitative estimate of drug-likeness (QED) is 0.726. The highest BCUT2D eigenvalue weighted by atomic mass is 35.5. The van der Waals surface area contributed by atoms with Gasteiger partial charge in [-0.15, -0.1) is 0 Å². The lowest BCUT2D eigenvalue weighted by Crippen LogP contribution is -2.26. The van der Waals surface area contributed by atoms with Crippen LogP contribution in [0.15, 0.2) is 60.8 Å². The van der Waals surface area contributed by atoms with Crippen molar-refractivity contribution in [2.45, 2.75) is 19.8 Å². The Kier molecular flexibility index (Phi) is 5.51. The summed E-state index contributed by atoms with van der Waals surface area (Å²) in [5, 5.41) is 8.01. The van der Waals surface area contributed by atoms with Crippen LogP contribution in [0.3, 0.4) is 0 Å². The van der Waals surface area contributed by atoms with Crippen LogP contribution in [0.4, 0.5) is 0 Å². The Labute approximate surface area is 152 Å². The van der Waals surface area contributed by atoms with Crippen molar-refractivity contribution in [3.05, 3.63) is 82.6 Å². The molecule has 0 saturated carbocycles. The van der Waals surface area contributed by atoms with Gasteiger partial charge in [0.05, 0.1) is 23.1 Å². The summed E-state index contributed by atoms with van der Waals surface area (Å²) in [6, 6.07) is 17.6. The first-order valence-corrected chi connectivity index (χ1v) is 8.71. The minimum absolute atomic E-state index is 0.0962. The van der Waals surface area contributed by atoms with E-state index < -0.39 is 0 Å². The lowest BCUT2D eigenvalue weighted by Gasteiger charge is -2.09. The topological polar surface area (TPSA) is 46.9 Å². The van der Waals surface area contributed by atoms with Crippen LogP contribution in [-0.2, 0) is 12.8 Å². The second-order valence-electron chi connectivity index (χ2n) is 5.74. The molecular weight excluding hydrogens is 334 g/mol. The van der Waals surface area contributed by atoms with Crippen molar-refractivity contribution < 1.29 is 4.79 Å². The third-order valence-electron chi connectivity index (χ3n) is 4.04. The molecule has 0 aliphatic heterocycles. The van der Waals surface area contributed by atoms with Crippen molar-refractivity contribution in [1.29, 1.82) is 0 Å². The number of benzene rings is 2. The van der Waals surface area contributed by atoms with Crippen LogP contribution in [0.1, 0.15) is 28.5 Å². The van der Waals surface area contributed by atoms with Gasteiger partial charge in [0.2, 0.25) is 0 Å². The highest BCUT2D eigenvalue weighted by Crippen LogP contribution is 2.19. The van der Waals surface area contributed by atoms with Gasteiger partial charge in [-0.2, -0.15) is 5.10 Å². The summed E-state index contributed by atoms with van der Waals surface area (Å²) in [5.74, 6) is -0.0962. The van der Waals surface area contributed by atoms with Crippen molar-refractivity contribution in [3.8, 4) is 5.69 Å². The first-order valence-electron chi connectivity index (χ1n) is 8.34. The summed E-state index contributed by atoms with van der Waals surface area (Å²) in [6.07, 6.45) is 3.13. The van der Waals surface area contributed by atoms with Gasteiger partial charge in [0, 0.05) is 11.6 Å². The molecule has 0 aliphatic rings. The van der Waals surface area contributed by atoms with Crippen LogP contribution < -0.4 is 5.32 Å². The largest absolute Gasteiger partial charge is 0.352 e. The van der Waals surface area contributed by atoms with Gasteiger partial charge in [0.1, 0.15) is 0 Å². The monoisotopic (exact) mass is 353 g/mol. The van der Waals surface area contributed by atoms with E-state index >= 15 is 0 Å². The van der Waals surface area contributed by atoms with E-state index in [9.17, 15) is 4.79 Å². The van der Waals surface area contributed by atoms with Gasteiger partial charge in [-0.1, -0.05) is 54.9 Å². The van der Waals surface area contributed by atoms with Crippen LogP contribution in [0.25, 0.3) is 5.69 Å². The molecule has 3 rings (SSSR count). The molecule has 0 unspecified atom stereocenters. The van der Waals surface area contributed by atoms with Gasteiger partial charge >= 0.3 is 0 Å². The first-order chi connectivity index (χ1) is 12.2. The van der Waals surface area contributed by atoms with Gasteiger partial charge < -0.3 is 5.32 Å². The fourth-order valence-electron chi connectivity index (χ4n) is 2.79. The van der Waals surface area contributed by atoms with Crippen molar-refractivity contribution in [1.82, 2.24) is 15.1 Å². The number of carbonyl (C=O) groups is 1. The summed E-state index contributed by atoms with van der Waals surface area (Å²) < 4.78 is 1.78. The molecule has 1 N–H and O–H groups in total. The van der Waals surface area contributed by atoms with Gasteiger partial charge in [0.25, 0.3) is 5.91 Å². The Morgan fingerprint density at radius 2 is 1.96 bits per heavy atom. The van der Waals surface area contributed by atoms with E-state index in [1.54, 1.807) is 10.9 Å². The predicted molar refractivity (Wildman–Crippen MR) is 100 cm³/mol. The highest BCUT2D eigenvalue weighted by molar-refractivity contribution is 6.30. The number of aromatic nitrogens is 2. The Hall–Kier alpha value is -2.59. The lowest BCUT2D eigenvalue weighted by atomic mass is 10.1. The normalized spacial score (nSPS) is 10.6. The van der Waals surface area contributed by atoms with Crippen molar-refractivity contribution in [2.75, 3.05) is 6.54 Å². The smallest absolute Gasteiger partial charge is 0.254 e. The van der Waals surface area contributed by atoms with E-state index in [1.165, 1.54) is 5.56 Å². The third-order valence-corrected chi connectivity index (χ3v) is 4.28. The maximum Gasteiger partial charge on any atom is 0.254 e. The molecule has 0 spiro atoms. The number of carbonyl (C=O) groups excluding carboxylic acids is 1. The molecule has 0 fully saturated rings. The number of rotatable bonds is 6. The number of nitrogens with one attached hydrogen (secondary N) is 1. The zero-order valence-corrected chi connectivity index (χ0v) is 14.8. The van der Waals surface area contributed by atoms with Gasteiger partial charge in [-0.05, 0) is 36.6 Å². The summed E-state index contributed by atoms with van der Waals surface area (Å²) >= 11 is 6.07. The maximum absolute atomic E-state index is 12.5. The molecule has 1 aromatic heterocycles. The number of hydrogen-bond acceptors (Lipinski definition) is 2. The van der Waals surface area contributed by atoms with Crippen LogP contribution >= 0.6 is 11.6 Å². The maximum atomic E-state index is 12.5. The molecule has 1 heterocycles. The Morgan fingerprint density at radius 1 is 1.16 bits per heavy atom. The fraction of sp³-hybridized carbons (Fsp3) is 0.200. The number of amides is 1. The van der Waals surface area contributed by atoms with E-state index in [4.69, 9.17) is 11.6 Å². The fourth-order valence-corrected chi connectivity index (χ4v) is 2.98. The Morgan fingerprint density at radius 3 is 2.68 bits per heavy atom. The highest BCUT2D eigenvalue weighted by Gasteiger charge is 2.17. The van der Waals surface area contributed by atoms with Gasteiger partial charge in [0.15, 0.2) is 0 Å². The SMILES string of the molecule is CCc1c(C(=O)NCCc2ccccc2)cnn1-c1cccc(Cl)c1. The molecule has 0 aliphatic carbocycles. The molecule has 2 aromatic carbocycles. The number of hydrogen-bond donors (Lipinski definition) is 1. The summed E-state index contributed by atoms with van der Waals surface area (Å²) in [5.41, 5.74) is 3.54. The number of nitrogens with zero attached hydrogens (tertiary/aromatic N) is 2. The van der Waals surface area contributed by atoms with E-state index in [2.05, 4.69) is 22.5 Å². The number of halogens is 1. The summed E-state index contributed by atoms with van der Waals surface area (Å²) in [6.45, 7) is 2.60. The predicted octanol–water partition coefficient (Wildman–Crippen LogP) is 4.06. The second-order valence-corrected chi connectivity index (χ2v) is 6.18. The Balaban J connectivity index is 1.72. The molecule has 128 valence electrons. The Bertz CT molecular complexity index is 858. The van der Waals surface area contributed by atoms with Gasteiger partial charge in [-0.25, -0.2) is 4.68 Å². The lowest BCUT2D eigenvalue weighted by molar-refractivity contribution is 0.0953. The van der Waals surface area contributed by atoms with Crippen molar-refractivity contribution in [3.63, 3.8) is 0 Å². The van der Waals surface area contributed by atoms with Crippen LogP contribution in [0, 0.1) is 0 Å². The summed E-state index contributed by atoms with van der Waals surface area (Å²) in [4.78, 5) is 12.5. The van der Waals surface area contributed by atoms with E-state index in [0.717, 1.165) is 17.8 Å². The molecule has 25 heavy (non-hydrogen) atoms. The van der Waals surface area contributed by atoms with Crippen molar-refractivity contribution >= 4 is 17.5 Å². The van der Waals surface area contributed by atoms with E-state index in [0.29, 0.717) is 23.6 Å². The first kappa shape index (κ1) is 17.2. The molecule has 0 bridgehead atoms. The van der Waals surface area contributed by atoms with Crippen molar-refractivity contribution in [2.24, 2.45) is 0 Å². The average Bonchev–Trinajstić information content (AvgIpc) is 3.06. The summed E-state index contributed by atoms with van der Waals surface area (Å²) in [7, 11) is 0. The molecule has 0 atom stereocenters. The zero-order valence-electron chi connectivity index (χ0n) is 14.1. The minimum Gasteiger partial charge on any atom is -0.352 e. The second kappa shape index (κ2) is 7.99. The van der Waals surface area contributed by atoms with E-state index in [-0.39, 0.29) is 5.91 Å². The van der Waals surface area contributed by atoms with Crippen LogP contribution in [0.5, 0.6) is 0 Å². The molecule has 5 heteroatoms. The molecule has 0 saturated heterocycles. The third kappa shape index (κ3) is 4.09. The van der Waals surface area contributed by atoms with Crippen LogP contribution in [-0.4, -0.2) is 22.2 Å². The van der Waals surface area contributed by atoms with E-state index in [1.807, 2.05) is 49.4 Å². The van der Waals surface area contributed by atoms with Crippen LogP contribution in [0.2, 0.25) is 5.02 Å². The molecule has 4 nitrogen and oxygen atoms in total. The molecule has 3 aromatic rings. The van der Waals surface area contributed by atoms with Gasteiger partial charge in [-0.3, -0.25) is 4.79 Å². The molecular formula is C20H20ClN3O. The standard InChI is InChI=1S/C20H20ClN3O/c1-2-19-18(14-23-24(19)17-10-6-9-16(21)13-17)20(25)22-12-11-15-7-4-3-5-8-15/h3-10,13-14H,2,11-12H2,1H3,(H,22,25). The zero-order chi connectivity index (χ0) is 17.6. The average molecular weight is 354 g/mol. The molecule has 1 amide bonds. The minimum atomic E-state index is -0.0962.